The first-order chi connectivity index (χ1) is 10.7. The summed E-state index contributed by atoms with van der Waals surface area (Å²) in [6.45, 7) is 2.16. The zero-order valence-corrected chi connectivity index (χ0v) is 13.7. The van der Waals surface area contributed by atoms with Crippen LogP contribution in [-0.4, -0.2) is 35.0 Å². The van der Waals surface area contributed by atoms with Gasteiger partial charge in [-0.1, -0.05) is 12.1 Å². The number of benzene rings is 1. The summed E-state index contributed by atoms with van der Waals surface area (Å²) in [5.41, 5.74) is 0.298. The number of hydrogen-bond acceptors (Lipinski definition) is 2. The molecule has 0 aliphatic carbocycles. The molecule has 8 heteroatoms. The van der Waals surface area contributed by atoms with Crippen molar-refractivity contribution in [1.29, 1.82) is 0 Å². The number of likely N-dealkylation sites (tertiary alicyclic amines) is 1. The van der Waals surface area contributed by atoms with E-state index in [4.69, 9.17) is 5.11 Å². The molecule has 0 saturated carbocycles. The lowest BCUT2D eigenvalue weighted by atomic mass is 10.0. The lowest BCUT2D eigenvalue weighted by Gasteiger charge is -2.14. The standard InChI is InChI=1S/C16H16F3NO3.ClH/c1-10(11-2-4-13(5-3-11)16(17,18)19)8-14(21)20-7-6-12(9-20)15(22)23;/h2-5,8,12H,6-7,9H2,1H3,(H,22,23);1H/b10-8-;. The Morgan fingerprint density at radius 1 is 1.25 bits per heavy atom. The number of carboxylic acids is 1. The van der Waals surface area contributed by atoms with Crippen LogP contribution < -0.4 is 0 Å². The Bertz CT molecular complexity index is 641. The number of alkyl halides is 3. The van der Waals surface area contributed by atoms with Crippen LogP contribution in [0.15, 0.2) is 30.3 Å². The van der Waals surface area contributed by atoms with Crippen molar-refractivity contribution in [2.24, 2.45) is 5.92 Å². The van der Waals surface area contributed by atoms with Gasteiger partial charge in [-0.3, -0.25) is 9.59 Å². The van der Waals surface area contributed by atoms with Gasteiger partial charge in [0.2, 0.25) is 5.91 Å². The molecule has 0 aromatic heterocycles. The Kier molecular flexibility index (Phi) is 6.42. The largest absolute Gasteiger partial charge is 0.481 e. The topological polar surface area (TPSA) is 57.6 Å². The minimum atomic E-state index is -4.40. The third-order valence-corrected chi connectivity index (χ3v) is 3.86. The number of carboxylic acid groups (broad SMARTS) is 1. The van der Waals surface area contributed by atoms with E-state index in [0.29, 0.717) is 24.1 Å². The molecule has 1 fully saturated rings. The third-order valence-electron chi connectivity index (χ3n) is 3.86. The van der Waals surface area contributed by atoms with E-state index in [-0.39, 0.29) is 24.9 Å². The first-order valence-corrected chi connectivity index (χ1v) is 7.06. The van der Waals surface area contributed by atoms with E-state index in [9.17, 15) is 22.8 Å². The van der Waals surface area contributed by atoms with Gasteiger partial charge in [-0.05, 0) is 36.6 Å². The fourth-order valence-electron chi connectivity index (χ4n) is 2.44. The van der Waals surface area contributed by atoms with Crippen molar-refractivity contribution in [3.8, 4) is 0 Å². The average Bonchev–Trinajstić information content (AvgIpc) is 2.96. The minimum Gasteiger partial charge on any atom is -0.481 e. The third kappa shape index (κ3) is 4.74. The van der Waals surface area contributed by atoms with Gasteiger partial charge in [-0.25, -0.2) is 0 Å². The Labute approximate surface area is 143 Å². The molecule has 0 radical (unpaired) electrons. The van der Waals surface area contributed by atoms with Crippen molar-refractivity contribution in [2.75, 3.05) is 13.1 Å². The number of nitrogens with zero attached hydrogens (tertiary/aromatic N) is 1. The number of carbonyl (C=O) groups is 2. The van der Waals surface area contributed by atoms with Crippen molar-refractivity contribution >= 4 is 29.9 Å². The number of amides is 1. The van der Waals surface area contributed by atoms with Crippen molar-refractivity contribution in [3.05, 3.63) is 41.5 Å². The van der Waals surface area contributed by atoms with Crippen LogP contribution in [0.1, 0.15) is 24.5 Å². The predicted octanol–water partition coefficient (Wildman–Crippen LogP) is 3.46. The molecule has 1 unspecified atom stereocenters. The Hall–Kier alpha value is -2.02. The monoisotopic (exact) mass is 363 g/mol. The molecule has 1 aliphatic heterocycles. The Morgan fingerprint density at radius 2 is 1.83 bits per heavy atom. The molecule has 1 amide bonds. The summed E-state index contributed by atoms with van der Waals surface area (Å²) in [5.74, 6) is -1.81. The van der Waals surface area contributed by atoms with Crippen molar-refractivity contribution in [1.82, 2.24) is 4.90 Å². The number of halogens is 4. The first-order valence-electron chi connectivity index (χ1n) is 7.06. The second-order valence-corrected chi connectivity index (χ2v) is 5.51. The number of aliphatic carboxylic acids is 1. The van der Waals surface area contributed by atoms with Crippen molar-refractivity contribution in [3.63, 3.8) is 0 Å². The van der Waals surface area contributed by atoms with Crippen LogP contribution in [0.5, 0.6) is 0 Å². The van der Waals surface area contributed by atoms with Gasteiger partial charge in [0.05, 0.1) is 11.5 Å². The number of allylic oxidation sites excluding steroid dienone is 1. The molecule has 0 bridgehead atoms. The van der Waals surface area contributed by atoms with Crippen LogP contribution in [0.3, 0.4) is 0 Å². The van der Waals surface area contributed by atoms with Crippen molar-refractivity contribution < 1.29 is 27.9 Å². The van der Waals surface area contributed by atoms with Gasteiger partial charge < -0.3 is 10.0 Å². The van der Waals surface area contributed by atoms with Gasteiger partial charge in [0.1, 0.15) is 0 Å². The SMILES string of the molecule is C/C(=C/C(=O)N1CCC(C(=O)O)C1)c1ccc(C(F)(F)F)cc1.Cl. The Balaban J connectivity index is 0.00000288. The smallest absolute Gasteiger partial charge is 0.416 e. The zero-order valence-electron chi connectivity index (χ0n) is 12.8. The van der Waals surface area contributed by atoms with E-state index in [1.807, 2.05) is 0 Å². The molecule has 1 saturated heterocycles. The van der Waals surface area contributed by atoms with Crippen LogP contribution in [-0.2, 0) is 15.8 Å². The highest BCUT2D eigenvalue weighted by atomic mass is 35.5. The predicted molar refractivity (Wildman–Crippen MR) is 84.7 cm³/mol. The van der Waals surface area contributed by atoms with Gasteiger partial charge in [0.25, 0.3) is 0 Å². The van der Waals surface area contributed by atoms with Gasteiger partial charge in [-0.15, -0.1) is 12.4 Å². The molecule has 1 heterocycles. The number of carbonyl (C=O) groups excluding carboxylic acids is 1. The second kappa shape index (κ2) is 7.70. The summed E-state index contributed by atoms with van der Waals surface area (Å²) < 4.78 is 37.5. The van der Waals surface area contributed by atoms with Gasteiger partial charge in [0, 0.05) is 19.2 Å². The van der Waals surface area contributed by atoms with E-state index in [0.717, 1.165) is 12.1 Å². The lowest BCUT2D eigenvalue weighted by Crippen LogP contribution is -2.28. The van der Waals surface area contributed by atoms with E-state index in [2.05, 4.69) is 0 Å². The van der Waals surface area contributed by atoms with Crippen LogP contribution in [0.2, 0.25) is 0 Å². The maximum Gasteiger partial charge on any atom is 0.416 e. The van der Waals surface area contributed by atoms with Gasteiger partial charge in [-0.2, -0.15) is 13.2 Å². The van der Waals surface area contributed by atoms with E-state index >= 15 is 0 Å². The molecule has 2 rings (SSSR count). The number of rotatable bonds is 3. The maximum absolute atomic E-state index is 12.5. The zero-order chi connectivity index (χ0) is 17.2. The summed E-state index contributed by atoms with van der Waals surface area (Å²) in [7, 11) is 0. The molecule has 24 heavy (non-hydrogen) atoms. The van der Waals surface area contributed by atoms with Gasteiger partial charge in [0.15, 0.2) is 0 Å². The molecule has 1 aliphatic rings. The maximum atomic E-state index is 12.5. The van der Waals surface area contributed by atoms with Crippen LogP contribution in [0.25, 0.3) is 5.57 Å². The fraction of sp³-hybridized carbons (Fsp3) is 0.375. The molecule has 132 valence electrons. The van der Waals surface area contributed by atoms with E-state index in [1.54, 1.807) is 6.92 Å². The molecule has 0 spiro atoms. The molecule has 1 aromatic carbocycles. The molecule has 1 aromatic rings. The van der Waals surface area contributed by atoms with Crippen LogP contribution in [0.4, 0.5) is 13.2 Å². The van der Waals surface area contributed by atoms with E-state index < -0.39 is 23.6 Å². The quantitative estimate of drug-likeness (QED) is 0.837. The van der Waals surface area contributed by atoms with Crippen LogP contribution in [0, 0.1) is 5.92 Å². The normalized spacial score (nSPS) is 18.2. The van der Waals surface area contributed by atoms with Crippen LogP contribution >= 0.6 is 12.4 Å². The molecular formula is C16H17ClF3NO3. The minimum absolute atomic E-state index is 0. The fourth-order valence-corrected chi connectivity index (χ4v) is 2.44. The lowest BCUT2D eigenvalue weighted by molar-refractivity contribution is -0.141. The Morgan fingerprint density at radius 3 is 2.29 bits per heavy atom. The summed E-state index contributed by atoms with van der Waals surface area (Å²) in [4.78, 5) is 24.4. The summed E-state index contributed by atoms with van der Waals surface area (Å²) in [6.07, 6.45) is -2.66. The highest BCUT2D eigenvalue weighted by molar-refractivity contribution is 5.95. The average molecular weight is 364 g/mol. The summed E-state index contributed by atoms with van der Waals surface area (Å²) in [6, 6.07) is 4.55. The molecule has 1 atom stereocenters. The first kappa shape index (κ1) is 20.0. The van der Waals surface area contributed by atoms with Crippen molar-refractivity contribution in [2.45, 2.75) is 19.5 Å². The second-order valence-electron chi connectivity index (χ2n) is 5.51. The highest BCUT2D eigenvalue weighted by Crippen LogP contribution is 2.30. The highest BCUT2D eigenvalue weighted by Gasteiger charge is 2.31. The van der Waals surface area contributed by atoms with Gasteiger partial charge >= 0.3 is 12.1 Å². The summed E-state index contributed by atoms with van der Waals surface area (Å²) >= 11 is 0. The summed E-state index contributed by atoms with van der Waals surface area (Å²) in [5, 5.41) is 8.92. The molecule has 1 N–H and O–H groups in total. The van der Waals surface area contributed by atoms with E-state index in [1.165, 1.54) is 23.1 Å². The molecular weight excluding hydrogens is 347 g/mol. The molecule has 4 nitrogen and oxygen atoms in total. The number of hydrogen-bond donors (Lipinski definition) is 1.